The van der Waals surface area contributed by atoms with E-state index in [0.29, 0.717) is 0 Å². The molecule has 2 aromatic rings. The summed E-state index contributed by atoms with van der Waals surface area (Å²) in [6, 6.07) is 13.1. The van der Waals surface area contributed by atoms with Gasteiger partial charge in [-0.25, -0.2) is 0 Å². The van der Waals surface area contributed by atoms with E-state index in [1.165, 1.54) is 19.5 Å². The van der Waals surface area contributed by atoms with E-state index in [9.17, 15) is 0 Å². The molecule has 1 unspecified atom stereocenters. The molecule has 0 saturated heterocycles. The standard InChI is InChI=1S/C15H18S3/c1-4-15(3,16)12-6-8-13(9-7-12)18-14-10-5-11(2)17-14/h5-10,16H,4H2,1-3H3. The van der Waals surface area contributed by atoms with Crippen LogP contribution >= 0.6 is 35.7 Å². The number of rotatable bonds is 4. The van der Waals surface area contributed by atoms with E-state index in [4.69, 9.17) is 12.6 Å². The van der Waals surface area contributed by atoms with Crippen molar-refractivity contribution in [3.63, 3.8) is 0 Å². The van der Waals surface area contributed by atoms with Crippen molar-refractivity contribution in [2.75, 3.05) is 0 Å². The predicted octanol–water partition coefficient (Wildman–Crippen LogP) is 5.76. The van der Waals surface area contributed by atoms with Crippen LogP contribution in [-0.2, 0) is 4.75 Å². The third kappa shape index (κ3) is 3.34. The third-order valence-corrected chi connectivity index (χ3v) is 5.81. The van der Waals surface area contributed by atoms with E-state index < -0.39 is 0 Å². The van der Waals surface area contributed by atoms with Gasteiger partial charge in [0.1, 0.15) is 0 Å². The second kappa shape index (κ2) is 5.72. The molecule has 0 saturated carbocycles. The van der Waals surface area contributed by atoms with Crippen LogP contribution in [0.4, 0.5) is 0 Å². The van der Waals surface area contributed by atoms with Crippen LogP contribution in [0.25, 0.3) is 0 Å². The van der Waals surface area contributed by atoms with Crippen LogP contribution in [-0.4, -0.2) is 0 Å². The van der Waals surface area contributed by atoms with E-state index in [2.05, 4.69) is 57.2 Å². The highest BCUT2D eigenvalue weighted by Gasteiger charge is 2.18. The molecule has 0 aliphatic heterocycles. The predicted molar refractivity (Wildman–Crippen MR) is 86.3 cm³/mol. The first kappa shape index (κ1) is 14.0. The lowest BCUT2D eigenvalue weighted by Gasteiger charge is -2.22. The summed E-state index contributed by atoms with van der Waals surface area (Å²) in [7, 11) is 0. The van der Waals surface area contributed by atoms with Gasteiger partial charge in [-0.2, -0.15) is 12.6 Å². The molecular formula is C15H18S3. The molecule has 1 heterocycles. The van der Waals surface area contributed by atoms with Crippen LogP contribution in [0.5, 0.6) is 0 Å². The molecule has 0 N–H and O–H groups in total. The van der Waals surface area contributed by atoms with Crippen molar-refractivity contribution < 1.29 is 0 Å². The molecular weight excluding hydrogens is 276 g/mol. The normalized spacial score (nSPS) is 14.4. The van der Waals surface area contributed by atoms with E-state index in [0.717, 1.165) is 6.42 Å². The largest absolute Gasteiger partial charge is 0.168 e. The molecule has 1 aromatic heterocycles. The smallest absolute Gasteiger partial charge is 0.0649 e. The summed E-state index contributed by atoms with van der Waals surface area (Å²) in [6.07, 6.45) is 1.03. The maximum Gasteiger partial charge on any atom is 0.0649 e. The molecule has 0 bridgehead atoms. The summed E-state index contributed by atoms with van der Waals surface area (Å²) >= 11 is 8.38. The van der Waals surface area contributed by atoms with Gasteiger partial charge in [-0.1, -0.05) is 30.8 Å². The van der Waals surface area contributed by atoms with Crippen molar-refractivity contribution >= 4 is 35.7 Å². The van der Waals surface area contributed by atoms with E-state index in [1.807, 2.05) is 23.1 Å². The first-order chi connectivity index (χ1) is 8.51. The SMILES string of the molecule is CCC(C)(S)c1ccc(Sc2ccc(C)s2)cc1. The minimum Gasteiger partial charge on any atom is -0.168 e. The van der Waals surface area contributed by atoms with Crippen molar-refractivity contribution in [2.24, 2.45) is 0 Å². The van der Waals surface area contributed by atoms with Crippen molar-refractivity contribution in [3.8, 4) is 0 Å². The molecule has 0 aliphatic rings. The van der Waals surface area contributed by atoms with Crippen LogP contribution in [0, 0.1) is 6.92 Å². The summed E-state index contributed by atoms with van der Waals surface area (Å²) in [5.41, 5.74) is 1.29. The molecule has 2 rings (SSSR count). The fourth-order valence-corrected chi connectivity index (χ4v) is 3.90. The Morgan fingerprint density at radius 3 is 2.33 bits per heavy atom. The van der Waals surface area contributed by atoms with Gasteiger partial charge in [0.2, 0.25) is 0 Å². The van der Waals surface area contributed by atoms with Crippen LogP contribution in [0.15, 0.2) is 45.5 Å². The molecule has 0 nitrogen and oxygen atoms in total. The Hall–Kier alpha value is -0.380. The number of aryl methyl sites for hydroxylation is 1. The van der Waals surface area contributed by atoms with Crippen LogP contribution < -0.4 is 0 Å². The molecule has 0 spiro atoms. The lowest BCUT2D eigenvalue weighted by atomic mass is 9.98. The van der Waals surface area contributed by atoms with Gasteiger partial charge in [0, 0.05) is 14.5 Å². The number of thiol groups is 1. The van der Waals surface area contributed by atoms with Gasteiger partial charge in [-0.15, -0.1) is 11.3 Å². The summed E-state index contributed by atoms with van der Waals surface area (Å²) in [4.78, 5) is 2.66. The molecule has 0 fully saturated rings. The van der Waals surface area contributed by atoms with Crippen molar-refractivity contribution in [2.45, 2.75) is 41.0 Å². The molecule has 0 radical (unpaired) electrons. The van der Waals surface area contributed by atoms with Gasteiger partial charge < -0.3 is 0 Å². The van der Waals surface area contributed by atoms with Gasteiger partial charge in [-0.3, -0.25) is 0 Å². The fourth-order valence-electron chi connectivity index (χ4n) is 1.67. The number of hydrogen-bond acceptors (Lipinski definition) is 3. The van der Waals surface area contributed by atoms with Gasteiger partial charge in [0.25, 0.3) is 0 Å². The Bertz CT molecular complexity index is 509. The van der Waals surface area contributed by atoms with Crippen molar-refractivity contribution in [1.82, 2.24) is 0 Å². The van der Waals surface area contributed by atoms with Gasteiger partial charge in [-0.05, 0) is 50.1 Å². The first-order valence-electron chi connectivity index (χ1n) is 6.08. The Kier molecular flexibility index (Phi) is 4.46. The van der Waals surface area contributed by atoms with E-state index in [-0.39, 0.29) is 4.75 Å². The van der Waals surface area contributed by atoms with E-state index >= 15 is 0 Å². The zero-order chi connectivity index (χ0) is 13.2. The molecule has 96 valence electrons. The summed E-state index contributed by atoms with van der Waals surface area (Å²) in [5.74, 6) is 0. The van der Waals surface area contributed by atoms with Crippen LogP contribution in [0.1, 0.15) is 30.7 Å². The molecule has 3 heteroatoms. The first-order valence-corrected chi connectivity index (χ1v) is 8.16. The highest BCUT2D eigenvalue weighted by atomic mass is 32.2. The Morgan fingerprint density at radius 1 is 1.17 bits per heavy atom. The topological polar surface area (TPSA) is 0 Å². The summed E-state index contributed by atoms with van der Waals surface area (Å²) in [6.45, 7) is 6.48. The quantitative estimate of drug-likeness (QED) is 0.699. The minimum absolute atomic E-state index is 0.0251. The Labute approximate surface area is 123 Å². The summed E-state index contributed by atoms with van der Waals surface area (Å²) in [5, 5.41) is 0. The fraction of sp³-hybridized carbons (Fsp3) is 0.333. The lowest BCUT2D eigenvalue weighted by Crippen LogP contribution is -2.11. The summed E-state index contributed by atoms with van der Waals surface area (Å²) < 4.78 is 1.33. The lowest BCUT2D eigenvalue weighted by molar-refractivity contribution is 0.670. The third-order valence-electron chi connectivity index (χ3n) is 3.10. The monoisotopic (exact) mass is 294 g/mol. The van der Waals surface area contributed by atoms with Gasteiger partial charge >= 0.3 is 0 Å². The average molecular weight is 295 g/mol. The highest BCUT2D eigenvalue weighted by molar-refractivity contribution is 8.01. The molecule has 1 atom stereocenters. The number of thiophene rings is 1. The van der Waals surface area contributed by atoms with Crippen LogP contribution in [0.2, 0.25) is 0 Å². The van der Waals surface area contributed by atoms with Crippen LogP contribution in [0.3, 0.4) is 0 Å². The maximum atomic E-state index is 4.71. The maximum absolute atomic E-state index is 4.71. The molecule has 0 amide bonds. The average Bonchev–Trinajstić information content (AvgIpc) is 2.75. The van der Waals surface area contributed by atoms with Gasteiger partial charge in [0.15, 0.2) is 0 Å². The zero-order valence-corrected chi connectivity index (χ0v) is 13.5. The Morgan fingerprint density at radius 2 is 1.83 bits per heavy atom. The van der Waals surface area contributed by atoms with E-state index in [1.54, 1.807) is 0 Å². The second-order valence-electron chi connectivity index (χ2n) is 4.62. The highest BCUT2D eigenvalue weighted by Crippen LogP contribution is 2.36. The number of benzene rings is 1. The minimum atomic E-state index is -0.0251. The number of hydrogen-bond donors (Lipinski definition) is 1. The second-order valence-corrected chi connectivity index (χ2v) is 8.27. The van der Waals surface area contributed by atoms with Crippen molar-refractivity contribution in [3.05, 3.63) is 46.8 Å². The molecule has 0 aliphatic carbocycles. The van der Waals surface area contributed by atoms with Crippen molar-refractivity contribution in [1.29, 1.82) is 0 Å². The molecule has 18 heavy (non-hydrogen) atoms. The molecule has 1 aromatic carbocycles. The van der Waals surface area contributed by atoms with Gasteiger partial charge in [0.05, 0.1) is 4.21 Å². The Balaban J connectivity index is 2.13. The zero-order valence-electron chi connectivity index (χ0n) is 10.9.